The van der Waals surface area contributed by atoms with E-state index >= 15 is 0 Å². The Kier molecular flexibility index (Phi) is 7.31. The molecule has 5 nitrogen and oxygen atoms in total. The quantitative estimate of drug-likeness (QED) is 0.668. The summed E-state index contributed by atoms with van der Waals surface area (Å²) in [6, 6.07) is 14.6. The van der Waals surface area contributed by atoms with E-state index in [9.17, 15) is 4.79 Å². The van der Waals surface area contributed by atoms with E-state index in [2.05, 4.69) is 19.2 Å². The number of hydrogen-bond acceptors (Lipinski definition) is 4. The summed E-state index contributed by atoms with van der Waals surface area (Å²) in [6.45, 7) is 6.41. The Hall–Kier alpha value is -2.53. The second-order valence-electron chi connectivity index (χ2n) is 7.48. The maximum absolute atomic E-state index is 12.4. The first-order valence-corrected chi connectivity index (χ1v) is 9.99. The number of amides is 1. The second-order valence-corrected chi connectivity index (χ2v) is 7.48. The molecule has 1 unspecified atom stereocenters. The fourth-order valence-corrected chi connectivity index (χ4v) is 2.92. The Balaban J connectivity index is 1.47. The Morgan fingerprint density at radius 1 is 1.07 bits per heavy atom. The smallest absolute Gasteiger partial charge is 0.255 e. The molecule has 0 aromatic heterocycles. The largest absolute Gasteiger partial charge is 0.494 e. The zero-order chi connectivity index (χ0) is 19.8. The molecule has 1 fully saturated rings. The van der Waals surface area contributed by atoms with Crippen molar-refractivity contribution in [2.45, 2.75) is 39.2 Å². The third kappa shape index (κ3) is 6.27. The number of carbonyl (C=O) groups excluding carboxylic acids is 1. The van der Waals surface area contributed by atoms with Crippen molar-refractivity contribution >= 4 is 11.6 Å². The Bertz CT molecular complexity index is 734. The van der Waals surface area contributed by atoms with E-state index in [1.54, 1.807) is 12.1 Å². The van der Waals surface area contributed by atoms with Gasteiger partial charge in [0.2, 0.25) is 0 Å². The highest BCUT2D eigenvalue weighted by Crippen LogP contribution is 2.19. The van der Waals surface area contributed by atoms with Gasteiger partial charge in [-0.25, -0.2) is 0 Å². The molecule has 28 heavy (non-hydrogen) atoms. The van der Waals surface area contributed by atoms with Crippen LogP contribution < -0.4 is 14.8 Å². The van der Waals surface area contributed by atoms with Crippen LogP contribution in [0.15, 0.2) is 48.5 Å². The van der Waals surface area contributed by atoms with Crippen molar-refractivity contribution in [3.05, 3.63) is 54.1 Å². The lowest BCUT2D eigenvalue weighted by Crippen LogP contribution is -2.16. The summed E-state index contributed by atoms with van der Waals surface area (Å²) in [5.74, 6) is 2.02. The summed E-state index contributed by atoms with van der Waals surface area (Å²) in [5, 5.41) is 2.90. The van der Waals surface area contributed by atoms with Crippen LogP contribution in [0.2, 0.25) is 0 Å². The van der Waals surface area contributed by atoms with Gasteiger partial charge in [-0.1, -0.05) is 13.8 Å². The summed E-state index contributed by atoms with van der Waals surface area (Å²) in [4.78, 5) is 12.4. The van der Waals surface area contributed by atoms with E-state index < -0.39 is 0 Å². The van der Waals surface area contributed by atoms with Crippen LogP contribution in [0.1, 0.15) is 43.5 Å². The molecule has 0 spiro atoms. The molecular weight excluding hydrogens is 354 g/mol. The second kappa shape index (κ2) is 10.1. The minimum absolute atomic E-state index is 0.154. The van der Waals surface area contributed by atoms with Crippen LogP contribution in [0.3, 0.4) is 0 Å². The number of hydrogen-bond donors (Lipinski definition) is 1. The topological polar surface area (TPSA) is 56.8 Å². The number of anilines is 1. The van der Waals surface area contributed by atoms with Crippen LogP contribution >= 0.6 is 0 Å². The van der Waals surface area contributed by atoms with Crippen molar-refractivity contribution in [3.8, 4) is 11.5 Å². The SMILES string of the molecule is CC(C)CCOc1ccc(NC(=O)c2ccc(OCC3CCCO3)cc2)cc1. The van der Waals surface area contributed by atoms with Gasteiger partial charge < -0.3 is 19.5 Å². The predicted octanol–water partition coefficient (Wildman–Crippen LogP) is 4.92. The lowest BCUT2D eigenvalue weighted by atomic mass is 10.1. The molecule has 1 N–H and O–H groups in total. The molecule has 1 amide bonds. The molecule has 0 saturated carbocycles. The number of ether oxygens (including phenoxy) is 3. The van der Waals surface area contributed by atoms with E-state index in [1.165, 1.54) is 0 Å². The van der Waals surface area contributed by atoms with Gasteiger partial charge in [-0.2, -0.15) is 0 Å². The summed E-state index contributed by atoms with van der Waals surface area (Å²) >= 11 is 0. The van der Waals surface area contributed by atoms with Crippen molar-refractivity contribution in [2.75, 3.05) is 25.1 Å². The molecule has 3 rings (SSSR count). The summed E-state index contributed by atoms with van der Waals surface area (Å²) in [7, 11) is 0. The van der Waals surface area contributed by atoms with Crippen molar-refractivity contribution in [2.24, 2.45) is 5.92 Å². The van der Waals surface area contributed by atoms with E-state index in [-0.39, 0.29) is 12.0 Å². The first-order valence-electron chi connectivity index (χ1n) is 9.99. The lowest BCUT2D eigenvalue weighted by molar-refractivity contribution is 0.0679. The van der Waals surface area contributed by atoms with Crippen LogP contribution in [0.5, 0.6) is 11.5 Å². The molecule has 2 aromatic carbocycles. The zero-order valence-corrected chi connectivity index (χ0v) is 16.6. The molecule has 0 aliphatic carbocycles. The van der Waals surface area contributed by atoms with E-state index in [4.69, 9.17) is 14.2 Å². The molecule has 1 aliphatic rings. The van der Waals surface area contributed by atoms with Gasteiger partial charge in [0.25, 0.3) is 5.91 Å². The Morgan fingerprint density at radius 3 is 2.39 bits per heavy atom. The fraction of sp³-hybridized carbons (Fsp3) is 0.435. The Morgan fingerprint density at radius 2 is 1.75 bits per heavy atom. The molecule has 1 saturated heterocycles. The third-order valence-corrected chi connectivity index (χ3v) is 4.65. The van der Waals surface area contributed by atoms with E-state index in [0.717, 1.165) is 43.1 Å². The van der Waals surface area contributed by atoms with Gasteiger partial charge >= 0.3 is 0 Å². The van der Waals surface area contributed by atoms with Gasteiger partial charge in [-0.3, -0.25) is 4.79 Å². The standard InChI is InChI=1S/C23H29NO4/c1-17(2)13-15-27-20-11-7-19(8-12-20)24-23(25)18-5-9-21(10-6-18)28-16-22-4-3-14-26-22/h5-12,17,22H,3-4,13-16H2,1-2H3,(H,24,25). The minimum atomic E-state index is -0.154. The highest BCUT2D eigenvalue weighted by Gasteiger charge is 2.16. The van der Waals surface area contributed by atoms with Gasteiger partial charge in [0, 0.05) is 17.9 Å². The fourth-order valence-electron chi connectivity index (χ4n) is 2.92. The van der Waals surface area contributed by atoms with Gasteiger partial charge in [0.15, 0.2) is 0 Å². The molecule has 5 heteroatoms. The van der Waals surface area contributed by atoms with E-state index in [0.29, 0.717) is 24.7 Å². The summed E-state index contributed by atoms with van der Waals surface area (Å²) in [6.07, 6.45) is 3.34. The average Bonchev–Trinajstić information content (AvgIpc) is 3.21. The molecule has 0 radical (unpaired) electrons. The monoisotopic (exact) mass is 383 g/mol. The maximum atomic E-state index is 12.4. The molecule has 1 atom stereocenters. The predicted molar refractivity (Wildman–Crippen MR) is 110 cm³/mol. The van der Waals surface area contributed by atoms with Crippen LogP contribution in [0.25, 0.3) is 0 Å². The molecule has 1 heterocycles. The van der Waals surface area contributed by atoms with Crippen LogP contribution in [-0.2, 0) is 4.74 Å². The first-order chi connectivity index (χ1) is 13.6. The molecular formula is C23H29NO4. The van der Waals surface area contributed by atoms with Gasteiger partial charge in [-0.15, -0.1) is 0 Å². The van der Waals surface area contributed by atoms with Crippen LogP contribution in [0.4, 0.5) is 5.69 Å². The molecule has 150 valence electrons. The maximum Gasteiger partial charge on any atom is 0.255 e. The lowest BCUT2D eigenvalue weighted by Gasteiger charge is -2.12. The van der Waals surface area contributed by atoms with Gasteiger partial charge in [-0.05, 0) is 73.7 Å². The number of rotatable bonds is 9. The number of benzene rings is 2. The van der Waals surface area contributed by atoms with Crippen LogP contribution in [0, 0.1) is 5.92 Å². The highest BCUT2D eigenvalue weighted by molar-refractivity contribution is 6.04. The highest BCUT2D eigenvalue weighted by atomic mass is 16.5. The number of carbonyl (C=O) groups is 1. The van der Waals surface area contributed by atoms with Gasteiger partial charge in [0.1, 0.15) is 18.1 Å². The molecule has 0 bridgehead atoms. The number of nitrogens with one attached hydrogen (secondary N) is 1. The van der Waals surface area contributed by atoms with Crippen molar-refractivity contribution in [1.29, 1.82) is 0 Å². The Labute approximate surface area is 167 Å². The zero-order valence-electron chi connectivity index (χ0n) is 16.6. The first kappa shape index (κ1) is 20.2. The van der Waals surface area contributed by atoms with Crippen molar-refractivity contribution in [3.63, 3.8) is 0 Å². The van der Waals surface area contributed by atoms with Crippen molar-refractivity contribution < 1.29 is 19.0 Å². The minimum Gasteiger partial charge on any atom is -0.494 e. The van der Waals surface area contributed by atoms with Gasteiger partial charge in [0.05, 0.1) is 12.7 Å². The van der Waals surface area contributed by atoms with Crippen LogP contribution in [-0.4, -0.2) is 31.8 Å². The normalized spacial score (nSPS) is 16.2. The summed E-state index contributed by atoms with van der Waals surface area (Å²) < 4.78 is 17.0. The average molecular weight is 383 g/mol. The van der Waals surface area contributed by atoms with Crippen molar-refractivity contribution in [1.82, 2.24) is 0 Å². The van der Waals surface area contributed by atoms with E-state index in [1.807, 2.05) is 36.4 Å². The molecule has 1 aliphatic heterocycles. The molecule has 2 aromatic rings. The summed E-state index contributed by atoms with van der Waals surface area (Å²) in [5.41, 5.74) is 1.32. The third-order valence-electron chi connectivity index (χ3n) is 4.65.